The summed E-state index contributed by atoms with van der Waals surface area (Å²) in [7, 11) is 0. The largest absolute Gasteiger partial charge is 0.480 e. The fourth-order valence-electron chi connectivity index (χ4n) is 4.16. The lowest BCUT2D eigenvalue weighted by molar-refractivity contribution is -0.143. The van der Waals surface area contributed by atoms with Crippen LogP contribution < -0.4 is 5.32 Å². The van der Waals surface area contributed by atoms with Crippen LogP contribution in [0.25, 0.3) is 10.9 Å². The molecular formula is C22H28N2O3. The topological polar surface area (TPSA) is 79.3 Å². The Labute approximate surface area is 160 Å². The van der Waals surface area contributed by atoms with Gasteiger partial charge < -0.3 is 10.4 Å². The first-order chi connectivity index (χ1) is 13.0. The smallest absolute Gasteiger partial charge is 0.326 e. The fourth-order valence-corrected chi connectivity index (χ4v) is 4.16. The number of aromatic nitrogens is 1. The van der Waals surface area contributed by atoms with Crippen molar-refractivity contribution in [3.05, 3.63) is 42.1 Å². The predicted molar refractivity (Wildman–Crippen MR) is 105 cm³/mol. The zero-order valence-electron chi connectivity index (χ0n) is 16.0. The second kappa shape index (κ2) is 8.51. The molecule has 144 valence electrons. The maximum atomic E-state index is 12.3. The molecule has 27 heavy (non-hydrogen) atoms. The summed E-state index contributed by atoms with van der Waals surface area (Å²) >= 11 is 0. The van der Waals surface area contributed by atoms with Crippen molar-refractivity contribution in [2.45, 2.75) is 57.9 Å². The van der Waals surface area contributed by atoms with Gasteiger partial charge in [-0.3, -0.25) is 9.78 Å². The van der Waals surface area contributed by atoms with Crippen molar-refractivity contribution in [1.82, 2.24) is 10.3 Å². The minimum Gasteiger partial charge on any atom is -0.480 e. The van der Waals surface area contributed by atoms with Crippen LogP contribution in [0.2, 0.25) is 0 Å². The number of carbonyl (C=O) groups is 2. The highest BCUT2D eigenvalue weighted by Gasteiger charge is 2.28. The third-order valence-corrected chi connectivity index (χ3v) is 5.69. The molecule has 1 fully saturated rings. The Morgan fingerprint density at radius 1 is 1.15 bits per heavy atom. The first kappa shape index (κ1) is 19.3. The number of hydrogen-bond acceptors (Lipinski definition) is 3. The molecule has 1 heterocycles. The zero-order chi connectivity index (χ0) is 19.4. The van der Waals surface area contributed by atoms with Crippen molar-refractivity contribution < 1.29 is 14.7 Å². The summed E-state index contributed by atoms with van der Waals surface area (Å²) in [5.74, 6) is -0.404. The minimum absolute atomic E-state index is 0.123. The average molecular weight is 368 g/mol. The number of carboxylic acids is 1. The maximum absolute atomic E-state index is 12.3. The van der Waals surface area contributed by atoms with Gasteiger partial charge in [-0.15, -0.1) is 0 Å². The van der Waals surface area contributed by atoms with Gasteiger partial charge in [0.05, 0.1) is 5.52 Å². The number of rotatable bonds is 6. The lowest BCUT2D eigenvalue weighted by atomic mass is 9.77. The van der Waals surface area contributed by atoms with Crippen LogP contribution in [0.1, 0.15) is 57.4 Å². The van der Waals surface area contributed by atoms with Crippen LogP contribution in [0.5, 0.6) is 0 Å². The normalized spacial score (nSPS) is 21.1. The van der Waals surface area contributed by atoms with E-state index in [-0.39, 0.29) is 11.8 Å². The van der Waals surface area contributed by atoms with Gasteiger partial charge in [-0.05, 0) is 61.1 Å². The molecule has 0 aliphatic heterocycles. The van der Waals surface area contributed by atoms with Crippen LogP contribution in [0, 0.1) is 11.8 Å². The first-order valence-corrected chi connectivity index (χ1v) is 9.81. The number of nitrogens with zero attached hydrogens (tertiary/aromatic N) is 1. The number of fused-ring (bicyclic) bond motifs is 1. The molecule has 1 unspecified atom stereocenters. The van der Waals surface area contributed by atoms with Gasteiger partial charge in [0, 0.05) is 18.0 Å². The second-order valence-electron chi connectivity index (χ2n) is 7.97. The van der Waals surface area contributed by atoms with Crippen LogP contribution >= 0.6 is 0 Å². The summed E-state index contributed by atoms with van der Waals surface area (Å²) in [6.07, 6.45) is 6.40. The summed E-state index contributed by atoms with van der Waals surface area (Å²) in [6.45, 7) is 3.62. The molecule has 0 saturated heterocycles. The van der Waals surface area contributed by atoms with Crippen LogP contribution in [-0.2, 0) is 9.59 Å². The highest BCUT2D eigenvalue weighted by Crippen LogP contribution is 2.39. The summed E-state index contributed by atoms with van der Waals surface area (Å²) in [6, 6.07) is 9.56. The number of benzene rings is 1. The molecule has 0 radical (unpaired) electrons. The van der Waals surface area contributed by atoms with Crippen LogP contribution in [0.15, 0.2) is 36.5 Å². The Hall–Kier alpha value is -2.43. The number of amides is 1. The molecule has 0 spiro atoms. The molecule has 1 aliphatic rings. The lowest BCUT2D eigenvalue weighted by Gasteiger charge is -2.29. The number of hydrogen-bond donors (Lipinski definition) is 2. The van der Waals surface area contributed by atoms with E-state index in [0.29, 0.717) is 18.3 Å². The van der Waals surface area contributed by atoms with E-state index in [4.69, 9.17) is 0 Å². The van der Waals surface area contributed by atoms with Gasteiger partial charge in [-0.25, -0.2) is 4.79 Å². The quantitative estimate of drug-likeness (QED) is 0.804. The van der Waals surface area contributed by atoms with Gasteiger partial charge in [0.2, 0.25) is 5.91 Å². The van der Waals surface area contributed by atoms with E-state index in [0.717, 1.165) is 31.2 Å². The van der Waals surface area contributed by atoms with Crippen LogP contribution in [0.3, 0.4) is 0 Å². The van der Waals surface area contributed by atoms with E-state index in [2.05, 4.69) is 28.5 Å². The van der Waals surface area contributed by atoms with Gasteiger partial charge in [-0.2, -0.15) is 0 Å². The summed E-state index contributed by atoms with van der Waals surface area (Å²) in [5.41, 5.74) is 2.39. The Balaban J connectivity index is 1.57. The van der Waals surface area contributed by atoms with Crippen molar-refractivity contribution in [1.29, 1.82) is 0 Å². The number of nitrogens with one attached hydrogen (secondary N) is 1. The maximum Gasteiger partial charge on any atom is 0.326 e. The molecule has 1 aromatic heterocycles. The number of carbonyl (C=O) groups excluding carboxylic acids is 1. The molecule has 2 aromatic rings. The van der Waals surface area contributed by atoms with E-state index in [9.17, 15) is 14.7 Å². The van der Waals surface area contributed by atoms with Crippen LogP contribution in [0.4, 0.5) is 0 Å². The van der Waals surface area contributed by atoms with Crippen molar-refractivity contribution in [2.24, 2.45) is 11.8 Å². The van der Waals surface area contributed by atoms with Crippen molar-refractivity contribution in [3.8, 4) is 0 Å². The van der Waals surface area contributed by atoms with Gasteiger partial charge in [0.25, 0.3) is 0 Å². The fraction of sp³-hybridized carbons (Fsp3) is 0.500. The Kier molecular flexibility index (Phi) is 6.09. The molecule has 3 rings (SSSR count). The SMILES string of the molecule is CC(C)C(NC(=O)C[C@H]1CC[C@@H](c2ccnc3ccccc32)CC1)C(=O)O. The van der Waals surface area contributed by atoms with E-state index >= 15 is 0 Å². The third kappa shape index (κ3) is 4.65. The van der Waals surface area contributed by atoms with Gasteiger partial charge in [0.1, 0.15) is 6.04 Å². The molecule has 5 nitrogen and oxygen atoms in total. The summed E-state index contributed by atoms with van der Waals surface area (Å²) in [5, 5.41) is 13.1. The number of para-hydroxylation sites is 1. The summed E-state index contributed by atoms with van der Waals surface area (Å²) < 4.78 is 0. The standard InChI is InChI=1S/C22H28N2O3/c1-14(2)21(22(26)27)24-20(25)13-15-7-9-16(10-8-15)17-11-12-23-19-6-4-3-5-18(17)19/h3-6,11-12,14-16,21H,7-10,13H2,1-2H3,(H,24,25)(H,26,27)/t15-,16+,21?. The second-order valence-corrected chi connectivity index (χ2v) is 7.97. The Morgan fingerprint density at radius 2 is 1.85 bits per heavy atom. The summed E-state index contributed by atoms with van der Waals surface area (Å²) in [4.78, 5) is 28.0. The Bertz CT molecular complexity index is 805. The molecule has 1 saturated carbocycles. The minimum atomic E-state index is -0.966. The zero-order valence-corrected chi connectivity index (χ0v) is 16.0. The molecule has 2 N–H and O–H groups in total. The van der Waals surface area contributed by atoms with Crippen molar-refractivity contribution in [2.75, 3.05) is 0 Å². The molecular weight excluding hydrogens is 340 g/mol. The highest BCUT2D eigenvalue weighted by atomic mass is 16.4. The molecule has 0 bridgehead atoms. The average Bonchev–Trinajstić information content (AvgIpc) is 2.66. The third-order valence-electron chi connectivity index (χ3n) is 5.69. The number of aliphatic carboxylic acids is 1. The van der Waals surface area contributed by atoms with E-state index in [1.807, 2.05) is 32.2 Å². The predicted octanol–water partition coefficient (Wildman–Crippen LogP) is 4.12. The first-order valence-electron chi connectivity index (χ1n) is 9.81. The van der Waals surface area contributed by atoms with Gasteiger partial charge in [0.15, 0.2) is 0 Å². The molecule has 5 heteroatoms. The van der Waals surface area contributed by atoms with Gasteiger partial charge in [-0.1, -0.05) is 32.0 Å². The number of pyridine rings is 1. The molecule has 1 aromatic carbocycles. The van der Waals surface area contributed by atoms with Crippen LogP contribution in [-0.4, -0.2) is 28.0 Å². The van der Waals surface area contributed by atoms with E-state index in [1.165, 1.54) is 10.9 Å². The molecule has 1 amide bonds. The highest BCUT2D eigenvalue weighted by molar-refractivity contribution is 5.84. The van der Waals surface area contributed by atoms with Gasteiger partial charge >= 0.3 is 5.97 Å². The monoisotopic (exact) mass is 368 g/mol. The Morgan fingerprint density at radius 3 is 2.52 bits per heavy atom. The molecule has 1 aliphatic carbocycles. The van der Waals surface area contributed by atoms with Crippen molar-refractivity contribution in [3.63, 3.8) is 0 Å². The number of carboxylic acid groups (broad SMARTS) is 1. The van der Waals surface area contributed by atoms with Crippen molar-refractivity contribution >= 4 is 22.8 Å². The van der Waals surface area contributed by atoms with E-state index < -0.39 is 12.0 Å². The molecule has 1 atom stereocenters. The lowest BCUT2D eigenvalue weighted by Crippen LogP contribution is -2.44. The van der Waals surface area contributed by atoms with E-state index in [1.54, 1.807) is 0 Å².